The van der Waals surface area contributed by atoms with E-state index in [1.165, 1.54) is 5.56 Å². The van der Waals surface area contributed by atoms with Crippen LogP contribution in [0, 0.1) is 0 Å². The summed E-state index contributed by atoms with van der Waals surface area (Å²) in [7, 11) is 0. The fourth-order valence-electron chi connectivity index (χ4n) is 2.23. The molecule has 0 fully saturated rings. The molecule has 4 nitrogen and oxygen atoms in total. The van der Waals surface area contributed by atoms with Crippen molar-refractivity contribution in [2.75, 3.05) is 0 Å². The minimum Gasteiger partial charge on any atom is -0.348 e. The molecule has 1 N–H and O–H groups in total. The molecule has 1 heterocycles. The second kappa shape index (κ2) is 7.24. The van der Waals surface area contributed by atoms with Gasteiger partial charge in [-0.15, -0.1) is 0 Å². The molecule has 0 spiro atoms. The Hall–Kier alpha value is -2.40. The van der Waals surface area contributed by atoms with Crippen molar-refractivity contribution in [2.24, 2.45) is 0 Å². The molecule has 5 heteroatoms. The van der Waals surface area contributed by atoms with Crippen molar-refractivity contribution >= 4 is 21.8 Å². The number of nitrogens with zero attached hydrogens (tertiary/aromatic N) is 2. The van der Waals surface area contributed by atoms with Gasteiger partial charge >= 0.3 is 0 Å². The lowest BCUT2D eigenvalue weighted by atomic mass is 10.1. The normalized spacial score (nSPS) is 10.5. The molecule has 0 radical (unpaired) electrons. The highest BCUT2D eigenvalue weighted by Gasteiger charge is 2.05. The molecule has 1 amide bonds. The molecule has 0 unspecified atom stereocenters. The summed E-state index contributed by atoms with van der Waals surface area (Å²) in [4.78, 5) is 12.1. The molecule has 0 saturated carbocycles. The molecular formula is C18H16BrN3O. The van der Waals surface area contributed by atoms with E-state index in [0.717, 1.165) is 16.6 Å². The summed E-state index contributed by atoms with van der Waals surface area (Å²) in [5.74, 6) is -0.0712. The number of halogens is 1. The van der Waals surface area contributed by atoms with Crippen LogP contribution in [0.2, 0.25) is 0 Å². The van der Waals surface area contributed by atoms with Gasteiger partial charge in [0.25, 0.3) is 5.91 Å². The van der Waals surface area contributed by atoms with E-state index in [2.05, 4.69) is 38.5 Å². The number of carbonyl (C=O) groups is 1. The average molecular weight is 370 g/mol. The summed E-state index contributed by atoms with van der Waals surface area (Å²) >= 11 is 3.36. The SMILES string of the molecule is O=C(NCc1ccc(Cn2cccn2)cc1)c1ccc(Br)cc1. The molecule has 0 bridgehead atoms. The Labute approximate surface area is 143 Å². The van der Waals surface area contributed by atoms with E-state index >= 15 is 0 Å². The minimum atomic E-state index is -0.0712. The van der Waals surface area contributed by atoms with Gasteiger partial charge in [0.2, 0.25) is 0 Å². The smallest absolute Gasteiger partial charge is 0.251 e. The number of hydrogen-bond donors (Lipinski definition) is 1. The van der Waals surface area contributed by atoms with E-state index < -0.39 is 0 Å². The third-order valence-electron chi connectivity index (χ3n) is 3.49. The van der Waals surface area contributed by atoms with Crippen molar-refractivity contribution in [1.29, 1.82) is 0 Å². The van der Waals surface area contributed by atoms with Crippen molar-refractivity contribution in [1.82, 2.24) is 15.1 Å². The average Bonchev–Trinajstić information content (AvgIpc) is 3.07. The molecule has 0 aliphatic heterocycles. The fraction of sp³-hybridized carbons (Fsp3) is 0.111. The highest BCUT2D eigenvalue weighted by Crippen LogP contribution is 2.11. The highest BCUT2D eigenvalue weighted by molar-refractivity contribution is 9.10. The second-order valence-electron chi connectivity index (χ2n) is 5.21. The van der Waals surface area contributed by atoms with Crippen molar-refractivity contribution in [3.63, 3.8) is 0 Å². The summed E-state index contributed by atoms with van der Waals surface area (Å²) in [6.07, 6.45) is 3.71. The lowest BCUT2D eigenvalue weighted by molar-refractivity contribution is 0.0951. The maximum absolute atomic E-state index is 12.1. The zero-order valence-corrected chi connectivity index (χ0v) is 14.0. The van der Waals surface area contributed by atoms with Crippen LogP contribution in [0.1, 0.15) is 21.5 Å². The number of hydrogen-bond acceptors (Lipinski definition) is 2. The maximum Gasteiger partial charge on any atom is 0.251 e. The van der Waals surface area contributed by atoms with Crippen LogP contribution in [0.25, 0.3) is 0 Å². The number of benzene rings is 2. The summed E-state index contributed by atoms with van der Waals surface area (Å²) in [6.45, 7) is 1.26. The molecular weight excluding hydrogens is 354 g/mol. The zero-order valence-electron chi connectivity index (χ0n) is 12.4. The first-order valence-corrected chi connectivity index (χ1v) is 8.09. The van der Waals surface area contributed by atoms with Crippen LogP contribution in [-0.2, 0) is 13.1 Å². The van der Waals surface area contributed by atoms with Gasteiger partial charge in [0.1, 0.15) is 0 Å². The van der Waals surface area contributed by atoms with Gasteiger partial charge in [-0.3, -0.25) is 9.48 Å². The van der Waals surface area contributed by atoms with Crippen LogP contribution < -0.4 is 5.32 Å². The summed E-state index contributed by atoms with van der Waals surface area (Å²) in [5, 5.41) is 7.12. The Morgan fingerprint density at radius 3 is 2.39 bits per heavy atom. The van der Waals surface area contributed by atoms with Crippen molar-refractivity contribution in [2.45, 2.75) is 13.1 Å². The van der Waals surface area contributed by atoms with Gasteiger partial charge in [-0.05, 0) is 41.5 Å². The number of carbonyl (C=O) groups excluding carboxylic acids is 1. The fourth-order valence-corrected chi connectivity index (χ4v) is 2.49. The molecule has 0 atom stereocenters. The number of rotatable bonds is 5. The second-order valence-corrected chi connectivity index (χ2v) is 6.13. The Morgan fingerprint density at radius 1 is 1.04 bits per heavy atom. The van der Waals surface area contributed by atoms with Crippen LogP contribution >= 0.6 is 15.9 Å². The quantitative estimate of drug-likeness (QED) is 0.746. The summed E-state index contributed by atoms with van der Waals surface area (Å²) < 4.78 is 2.84. The molecule has 1 aromatic heterocycles. The standard InChI is InChI=1S/C18H16BrN3O/c19-17-8-6-16(7-9-17)18(23)20-12-14-2-4-15(5-3-14)13-22-11-1-10-21-22/h1-11H,12-13H2,(H,20,23). The Bertz CT molecular complexity index is 765. The molecule has 3 rings (SSSR count). The van der Waals surface area contributed by atoms with E-state index in [1.54, 1.807) is 18.3 Å². The zero-order chi connectivity index (χ0) is 16.1. The first-order valence-electron chi connectivity index (χ1n) is 7.30. The minimum absolute atomic E-state index is 0.0712. The maximum atomic E-state index is 12.1. The van der Waals surface area contributed by atoms with Crippen LogP contribution in [0.4, 0.5) is 0 Å². The highest BCUT2D eigenvalue weighted by atomic mass is 79.9. The molecule has 0 aliphatic carbocycles. The molecule has 116 valence electrons. The molecule has 3 aromatic rings. The first kappa shape index (κ1) is 15.5. The topological polar surface area (TPSA) is 46.9 Å². The van der Waals surface area contributed by atoms with E-state index in [0.29, 0.717) is 12.1 Å². The Kier molecular flexibility index (Phi) is 4.88. The van der Waals surface area contributed by atoms with Crippen LogP contribution in [0.3, 0.4) is 0 Å². The number of amides is 1. The third kappa shape index (κ3) is 4.29. The van der Waals surface area contributed by atoms with E-state index in [-0.39, 0.29) is 5.91 Å². The van der Waals surface area contributed by atoms with Gasteiger partial charge < -0.3 is 5.32 Å². The number of aromatic nitrogens is 2. The molecule has 2 aromatic carbocycles. The van der Waals surface area contributed by atoms with E-state index in [4.69, 9.17) is 0 Å². The Balaban J connectivity index is 1.56. The van der Waals surface area contributed by atoms with Crippen LogP contribution in [-0.4, -0.2) is 15.7 Å². The molecule has 0 saturated heterocycles. The van der Waals surface area contributed by atoms with Crippen LogP contribution in [0.5, 0.6) is 0 Å². The lowest BCUT2D eigenvalue weighted by Gasteiger charge is -2.07. The predicted molar refractivity (Wildman–Crippen MR) is 93.1 cm³/mol. The van der Waals surface area contributed by atoms with E-state index in [1.807, 2.05) is 41.2 Å². The van der Waals surface area contributed by atoms with Crippen molar-refractivity contribution < 1.29 is 4.79 Å². The predicted octanol–water partition coefficient (Wildman–Crippen LogP) is 3.62. The van der Waals surface area contributed by atoms with Crippen molar-refractivity contribution in [3.05, 3.63) is 88.2 Å². The van der Waals surface area contributed by atoms with Crippen LogP contribution in [0.15, 0.2) is 71.5 Å². The lowest BCUT2D eigenvalue weighted by Crippen LogP contribution is -2.22. The van der Waals surface area contributed by atoms with Gasteiger partial charge in [-0.1, -0.05) is 40.2 Å². The third-order valence-corrected chi connectivity index (χ3v) is 4.01. The molecule has 0 aliphatic rings. The summed E-state index contributed by atoms with van der Waals surface area (Å²) in [6, 6.07) is 17.4. The van der Waals surface area contributed by atoms with E-state index in [9.17, 15) is 4.79 Å². The van der Waals surface area contributed by atoms with Gasteiger partial charge in [-0.25, -0.2) is 0 Å². The Morgan fingerprint density at radius 2 is 1.74 bits per heavy atom. The van der Waals surface area contributed by atoms with Gasteiger partial charge in [-0.2, -0.15) is 5.10 Å². The monoisotopic (exact) mass is 369 g/mol. The largest absolute Gasteiger partial charge is 0.348 e. The first-order chi connectivity index (χ1) is 11.2. The van der Waals surface area contributed by atoms with Gasteiger partial charge in [0.05, 0.1) is 6.54 Å². The van der Waals surface area contributed by atoms with Gasteiger partial charge in [0.15, 0.2) is 0 Å². The molecule has 23 heavy (non-hydrogen) atoms. The number of nitrogens with one attached hydrogen (secondary N) is 1. The summed E-state index contributed by atoms with van der Waals surface area (Å²) in [5.41, 5.74) is 2.90. The van der Waals surface area contributed by atoms with Crippen molar-refractivity contribution in [3.8, 4) is 0 Å². The van der Waals surface area contributed by atoms with Gasteiger partial charge in [0, 0.05) is 29.0 Å².